The van der Waals surface area contributed by atoms with Crippen LogP contribution in [0.2, 0.25) is 0 Å². The fourth-order valence-corrected chi connectivity index (χ4v) is 3.40. The molecule has 1 aliphatic rings. The van der Waals surface area contributed by atoms with Crippen molar-refractivity contribution in [3.05, 3.63) is 60.2 Å². The molecule has 7 heteroatoms. The van der Waals surface area contributed by atoms with Crippen LogP contribution >= 0.6 is 0 Å². The van der Waals surface area contributed by atoms with E-state index in [2.05, 4.69) is 10.2 Å². The predicted molar refractivity (Wildman–Crippen MR) is 116 cm³/mol. The van der Waals surface area contributed by atoms with Crippen molar-refractivity contribution in [1.82, 2.24) is 5.32 Å². The Labute approximate surface area is 176 Å². The van der Waals surface area contributed by atoms with Gasteiger partial charge in [-0.25, -0.2) is 4.79 Å². The molecule has 158 valence electrons. The predicted octanol–water partition coefficient (Wildman–Crippen LogP) is 2.61. The van der Waals surface area contributed by atoms with Crippen LogP contribution in [0.3, 0.4) is 0 Å². The number of carbonyl (C=O) groups is 3. The Morgan fingerprint density at radius 2 is 1.83 bits per heavy atom. The first kappa shape index (κ1) is 21.4. The van der Waals surface area contributed by atoms with Crippen LogP contribution < -0.4 is 15.1 Å². The lowest BCUT2D eigenvalue weighted by Crippen LogP contribution is -2.32. The highest BCUT2D eigenvalue weighted by Crippen LogP contribution is 2.25. The van der Waals surface area contributed by atoms with Gasteiger partial charge in [0.05, 0.1) is 11.3 Å². The molecule has 3 rings (SSSR count). The van der Waals surface area contributed by atoms with Crippen LogP contribution in [0.4, 0.5) is 11.4 Å². The molecule has 0 unspecified atom stereocenters. The zero-order valence-corrected chi connectivity index (χ0v) is 17.2. The number of nitrogens with zero attached hydrogens (tertiary/aromatic N) is 2. The molecule has 2 aromatic carbocycles. The first-order valence-corrected chi connectivity index (χ1v) is 10.2. The highest BCUT2D eigenvalue weighted by molar-refractivity contribution is 6.03. The van der Waals surface area contributed by atoms with Gasteiger partial charge in [0.1, 0.15) is 0 Å². The molecule has 30 heavy (non-hydrogen) atoms. The van der Waals surface area contributed by atoms with E-state index >= 15 is 0 Å². The summed E-state index contributed by atoms with van der Waals surface area (Å²) in [5.74, 6) is -0.960. The van der Waals surface area contributed by atoms with Gasteiger partial charge in [-0.1, -0.05) is 30.3 Å². The average molecular weight is 409 g/mol. The monoisotopic (exact) mass is 409 g/mol. The molecule has 1 N–H and O–H groups in total. The van der Waals surface area contributed by atoms with Gasteiger partial charge in [-0.05, 0) is 37.1 Å². The summed E-state index contributed by atoms with van der Waals surface area (Å²) < 4.78 is 5.17. The second-order valence-corrected chi connectivity index (χ2v) is 7.20. The summed E-state index contributed by atoms with van der Waals surface area (Å²) >= 11 is 0. The molecule has 1 fully saturated rings. The zero-order valence-electron chi connectivity index (χ0n) is 17.2. The number of hydrogen-bond acceptors (Lipinski definition) is 5. The molecule has 0 spiro atoms. The van der Waals surface area contributed by atoms with Gasteiger partial charge in [0, 0.05) is 38.8 Å². The Morgan fingerprint density at radius 1 is 1.10 bits per heavy atom. The van der Waals surface area contributed by atoms with E-state index < -0.39 is 5.97 Å². The van der Waals surface area contributed by atoms with Gasteiger partial charge in [-0.15, -0.1) is 0 Å². The number of hydrogen-bond donors (Lipinski definition) is 1. The topological polar surface area (TPSA) is 79.0 Å². The Morgan fingerprint density at radius 3 is 2.57 bits per heavy atom. The van der Waals surface area contributed by atoms with Crippen LogP contribution in [-0.2, 0) is 14.3 Å². The molecule has 0 atom stereocenters. The van der Waals surface area contributed by atoms with Crippen molar-refractivity contribution >= 4 is 29.2 Å². The van der Waals surface area contributed by atoms with Crippen LogP contribution in [0, 0.1) is 0 Å². The number of nitrogens with one attached hydrogen (secondary N) is 1. The van der Waals surface area contributed by atoms with E-state index in [1.807, 2.05) is 37.4 Å². The molecule has 2 amide bonds. The third-order valence-electron chi connectivity index (χ3n) is 5.01. The maximum atomic E-state index is 12.5. The summed E-state index contributed by atoms with van der Waals surface area (Å²) in [5.41, 5.74) is 1.95. The number of amides is 2. The van der Waals surface area contributed by atoms with E-state index in [-0.39, 0.29) is 18.4 Å². The van der Waals surface area contributed by atoms with Crippen molar-refractivity contribution < 1.29 is 19.1 Å². The third-order valence-corrected chi connectivity index (χ3v) is 5.01. The van der Waals surface area contributed by atoms with Gasteiger partial charge in [0.2, 0.25) is 5.91 Å². The molecule has 0 radical (unpaired) electrons. The van der Waals surface area contributed by atoms with Gasteiger partial charge >= 0.3 is 5.97 Å². The number of anilines is 2. The van der Waals surface area contributed by atoms with Gasteiger partial charge in [-0.3, -0.25) is 9.59 Å². The molecular weight excluding hydrogens is 382 g/mol. The van der Waals surface area contributed by atoms with Crippen molar-refractivity contribution in [2.24, 2.45) is 0 Å². The number of esters is 1. The summed E-state index contributed by atoms with van der Waals surface area (Å²) in [7, 11) is 2.00. The molecule has 1 heterocycles. The summed E-state index contributed by atoms with van der Waals surface area (Å²) in [5, 5.41) is 2.77. The Bertz CT molecular complexity index is 885. The van der Waals surface area contributed by atoms with Gasteiger partial charge < -0.3 is 19.9 Å². The van der Waals surface area contributed by atoms with E-state index in [4.69, 9.17) is 4.74 Å². The van der Waals surface area contributed by atoms with E-state index in [9.17, 15) is 14.4 Å². The van der Waals surface area contributed by atoms with Crippen molar-refractivity contribution in [1.29, 1.82) is 0 Å². The summed E-state index contributed by atoms with van der Waals surface area (Å²) in [6, 6.07) is 16.8. The van der Waals surface area contributed by atoms with E-state index in [1.165, 1.54) is 0 Å². The molecule has 0 saturated carbocycles. The minimum atomic E-state index is -0.607. The number of carbonyl (C=O) groups excluding carboxylic acids is 3. The Kier molecular flexibility index (Phi) is 7.43. The number of ether oxygens (including phenoxy) is 1. The van der Waals surface area contributed by atoms with E-state index in [1.54, 1.807) is 29.2 Å². The molecule has 0 aromatic heterocycles. The van der Waals surface area contributed by atoms with Crippen LogP contribution in [0.1, 0.15) is 29.6 Å². The summed E-state index contributed by atoms with van der Waals surface area (Å²) in [6.45, 7) is 1.52. The lowest BCUT2D eigenvalue weighted by Gasteiger charge is -2.19. The number of rotatable bonds is 9. The lowest BCUT2D eigenvalue weighted by atomic mass is 10.1. The quantitative estimate of drug-likeness (QED) is 0.509. The van der Waals surface area contributed by atoms with Gasteiger partial charge in [-0.2, -0.15) is 0 Å². The molecule has 0 bridgehead atoms. The van der Waals surface area contributed by atoms with Crippen LogP contribution in [0.5, 0.6) is 0 Å². The Hall–Kier alpha value is -3.35. The minimum absolute atomic E-state index is 0.00605. The molecular formula is C23H27N3O4. The lowest BCUT2D eigenvalue weighted by molar-refractivity contribution is -0.124. The first-order valence-electron chi connectivity index (χ1n) is 10.2. The number of benzene rings is 2. The highest BCUT2D eigenvalue weighted by Gasteiger charge is 2.26. The van der Waals surface area contributed by atoms with Crippen molar-refractivity contribution in [2.75, 3.05) is 43.1 Å². The van der Waals surface area contributed by atoms with E-state index in [0.29, 0.717) is 30.8 Å². The maximum absolute atomic E-state index is 12.5. The van der Waals surface area contributed by atoms with Gasteiger partial charge in [0.25, 0.3) is 5.91 Å². The normalized spacial score (nSPS) is 13.2. The van der Waals surface area contributed by atoms with Crippen LogP contribution in [-0.4, -0.2) is 51.1 Å². The SMILES string of the molecule is CN(CCCNC(=O)COC(=O)c1ccccc1N1CCCC1=O)c1ccccc1. The molecule has 2 aromatic rings. The second kappa shape index (κ2) is 10.4. The van der Waals surface area contributed by atoms with Crippen molar-refractivity contribution in [3.63, 3.8) is 0 Å². The largest absolute Gasteiger partial charge is 0.452 e. The average Bonchev–Trinajstić information content (AvgIpc) is 3.21. The van der Waals surface area contributed by atoms with E-state index in [0.717, 1.165) is 25.1 Å². The fourth-order valence-electron chi connectivity index (χ4n) is 3.40. The zero-order chi connectivity index (χ0) is 21.3. The molecule has 0 aliphatic carbocycles. The molecule has 1 saturated heterocycles. The molecule has 1 aliphatic heterocycles. The fraction of sp³-hybridized carbons (Fsp3) is 0.348. The van der Waals surface area contributed by atoms with Crippen LogP contribution in [0.25, 0.3) is 0 Å². The van der Waals surface area contributed by atoms with Gasteiger partial charge in [0.15, 0.2) is 6.61 Å². The minimum Gasteiger partial charge on any atom is -0.452 e. The highest BCUT2D eigenvalue weighted by atomic mass is 16.5. The smallest absolute Gasteiger partial charge is 0.340 e. The standard InChI is InChI=1S/C23H27N3O4/c1-25(18-9-3-2-4-10-18)15-8-14-24-21(27)17-30-23(29)19-11-5-6-12-20(19)26-16-7-13-22(26)28/h2-6,9-12H,7-8,13-17H2,1H3,(H,24,27). The second-order valence-electron chi connectivity index (χ2n) is 7.20. The molecule has 7 nitrogen and oxygen atoms in total. The third kappa shape index (κ3) is 5.59. The first-order chi connectivity index (χ1) is 14.6. The Balaban J connectivity index is 1.42. The summed E-state index contributed by atoms with van der Waals surface area (Å²) in [6.07, 6.45) is 2.01. The van der Waals surface area contributed by atoms with Crippen LogP contribution in [0.15, 0.2) is 54.6 Å². The maximum Gasteiger partial charge on any atom is 0.340 e. The summed E-state index contributed by atoms with van der Waals surface area (Å²) in [4.78, 5) is 40.2. The van der Waals surface area contributed by atoms with Crippen molar-refractivity contribution in [2.45, 2.75) is 19.3 Å². The van der Waals surface area contributed by atoms with Crippen molar-refractivity contribution in [3.8, 4) is 0 Å². The number of para-hydroxylation sites is 2.